The number of hydrogen-bond acceptors (Lipinski definition) is 10. The normalized spacial score (nSPS) is 11.0. The van der Waals surface area contributed by atoms with E-state index in [4.69, 9.17) is 31.4 Å². The van der Waals surface area contributed by atoms with E-state index in [1.165, 1.54) is 0 Å². The van der Waals surface area contributed by atoms with Crippen molar-refractivity contribution in [3.8, 4) is 0 Å². The summed E-state index contributed by atoms with van der Waals surface area (Å²) in [6.45, 7) is 41.0. The fourth-order valence-electron chi connectivity index (χ4n) is 7.80. The molecule has 0 unspecified atom stereocenters. The number of hydrogen-bond donors (Lipinski definition) is 7. The second-order valence-electron chi connectivity index (χ2n) is 24.2. The number of quaternary nitrogens is 2. The second kappa shape index (κ2) is 52.3. The predicted octanol–water partition coefficient (Wildman–Crippen LogP) is 2.05. The van der Waals surface area contributed by atoms with Gasteiger partial charge in [0.05, 0.1) is 54.4 Å². The zero-order valence-electron chi connectivity index (χ0n) is 52.4. The Morgan fingerprint density at radius 3 is 0.869 bits per heavy atom. The van der Waals surface area contributed by atoms with E-state index < -0.39 is 33.3 Å². The largest absolute Gasteiger partial charge is 1.00 e. The van der Waals surface area contributed by atoms with Crippen molar-refractivity contribution in [3.63, 3.8) is 0 Å². The van der Waals surface area contributed by atoms with Crippen LogP contribution >= 0.6 is 23.2 Å². The van der Waals surface area contributed by atoms with Crippen molar-refractivity contribution in [1.82, 2.24) is 42.1 Å². The Morgan fingerprint density at radius 1 is 0.417 bits per heavy atom. The van der Waals surface area contributed by atoms with Gasteiger partial charge in [-0.25, -0.2) is 0 Å². The third-order valence-corrected chi connectivity index (χ3v) is 27.4. The number of carbonyl (C=O) groups is 7. The monoisotopic (exact) mass is 1350 g/mol. The molecule has 84 heavy (non-hydrogen) atoms. The lowest BCUT2D eigenvalue weighted by molar-refractivity contribution is -0.881. The minimum atomic E-state index is -1.90. The number of halogens is 4. The molecule has 7 N–H and O–H groups in total. The molecule has 0 aliphatic heterocycles. The molecule has 7 amide bonds. The lowest BCUT2D eigenvalue weighted by atomic mass is 10.3. The number of carbonyl (C=O) groups excluding carboxylic acids is 7. The molecule has 0 radical (unpaired) electrons. The third-order valence-electron chi connectivity index (χ3n) is 11.8. The summed E-state index contributed by atoms with van der Waals surface area (Å²) in [5.74, 6) is -0.586. The first-order chi connectivity index (χ1) is 35.7. The lowest BCUT2D eigenvalue weighted by Gasteiger charge is -2.34. The summed E-state index contributed by atoms with van der Waals surface area (Å²) in [4.78, 5) is 83.5. The van der Waals surface area contributed by atoms with Gasteiger partial charge in [-0.05, 0) is 150 Å². The first-order valence-electron chi connectivity index (χ1n) is 27.4. The van der Waals surface area contributed by atoms with Crippen molar-refractivity contribution in [3.05, 3.63) is 36.5 Å². The van der Waals surface area contributed by atoms with Gasteiger partial charge in [-0.15, -0.1) is 23.2 Å². The van der Waals surface area contributed by atoms with Gasteiger partial charge in [-0.2, -0.15) is 0 Å². The Bertz CT molecular complexity index is 1790. The highest BCUT2D eigenvalue weighted by Crippen LogP contribution is 2.25. The van der Waals surface area contributed by atoms with Crippen LogP contribution in [0.25, 0.3) is 0 Å². The third kappa shape index (κ3) is 62.4. The second-order valence-corrected chi connectivity index (χ2v) is 42.5. The number of nitrogens with zero attached hydrogens (tertiary/aromatic N) is 3. The molecule has 27 heteroatoms. The van der Waals surface area contributed by atoms with Crippen LogP contribution in [0.4, 0.5) is 0 Å². The maximum atomic E-state index is 12.5. The molecule has 0 heterocycles. The van der Waals surface area contributed by atoms with E-state index in [0.717, 1.165) is 69.4 Å². The lowest BCUT2D eigenvalue weighted by Crippen LogP contribution is -3.00. The van der Waals surface area contributed by atoms with Gasteiger partial charge in [0.25, 0.3) is 11.8 Å². The summed E-state index contributed by atoms with van der Waals surface area (Å²) < 4.78 is 14.2. The average molecular weight is 1350 g/mol. The molecular formula is C57H126Cl4N10O9Si4. The first-order valence-corrected chi connectivity index (χ1v) is 40.9. The molecular weight excluding hydrogens is 1220 g/mol. The molecule has 0 rings (SSSR count). The topological polar surface area (TPSA) is 225 Å². The van der Waals surface area contributed by atoms with Crippen molar-refractivity contribution >= 4 is 97.8 Å². The molecule has 0 atom stereocenters. The van der Waals surface area contributed by atoms with Crippen LogP contribution in [0.5, 0.6) is 0 Å². The van der Waals surface area contributed by atoms with E-state index >= 15 is 0 Å². The van der Waals surface area contributed by atoms with Crippen LogP contribution < -0.4 is 62.0 Å². The minimum Gasteiger partial charge on any atom is -1.00 e. The summed E-state index contributed by atoms with van der Waals surface area (Å²) in [5.41, 5.74) is 1.52. The number of alkyl halides is 2. The number of nitrogens with one attached hydrogen (secondary N) is 7. The SMILES string of the molecule is C.C.C.C.C=C(C)C(=O)NCCCN(C)C.C=C(C)C(=O)NCC[N+](C)(C)CC(=O)NCCC[Si](C)(C)O[Si](C)(C)CCCNC(=O)C[N+](C)(C)CCNC(=O)C(=C)C.C[Si](C)(CCCNC(=O)CCl)O[Si](C)(C)CCCNC(=O)CCl.[Cl-].[Cl-]. The summed E-state index contributed by atoms with van der Waals surface area (Å²) in [7, 11) is 4.65. The summed E-state index contributed by atoms with van der Waals surface area (Å²) in [6.07, 6.45) is 4.55. The smallest absolute Gasteiger partial charge is 0.275 e. The number of likely N-dealkylation sites (N-methyl/N-ethyl adjacent to an activating group) is 2. The summed E-state index contributed by atoms with van der Waals surface area (Å²) in [5, 5.41) is 20.0. The highest BCUT2D eigenvalue weighted by molar-refractivity contribution is 6.85. The van der Waals surface area contributed by atoms with Crippen LogP contribution in [0.3, 0.4) is 0 Å². The van der Waals surface area contributed by atoms with Crippen molar-refractivity contribution in [2.45, 2.75) is 159 Å². The minimum absolute atomic E-state index is 0. The van der Waals surface area contributed by atoms with Crippen LogP contribution in [-0.2, 0) is 41.8 Å². The fourth-order valence-corrected chi connectivity index (χ4v) is 25.7. The van der Waals surface area contributed by atoms with Gasteiger partial charge >= 0.3 is 0 Å². The van der Waals surface area contributed by atoms with Crippen LogP contribution in [0, 0.1) is 0 Å². The van der Waals surface area contributed by atoms with E-state index in [-0.39, 0.29) is 108 Å². The quantitative estimate of drug-likeness (QED) is 0.0156. The molecule has 0 aromatic rings. The van der Waals surface area contributed by atoms with Gasteiger partial charge in [-0.1, -0.05) is 49.4 Å². The molecule has 0 aliphatic carbocycles. The van der Waals surface area contributed by atoms with Crippen LogP contribution in [-0.4, -0.2) is 221 Å². The summed E-state index contributed by atoms with van der Waals surface area (Å²) >= 11 is 10.9. The standard InChI is InChI=1S/C30H60N6O5Si2.C14H30Cl2N2O3Si2.C9H18N2O.4CH4.2ClH/c1-25(2)29(39)33-17-19-35(5,6)23-27(37)31-15-13-21-42(9,10)41-43(11,12)22-14-16-32-28(38)24-36(7,8)20-18-34-30(40)26(3)4;1-22(2,9-5-7-17-13(19)11-15)21-23(3,4)10-6-8-18-14(20)12-16;1-8(2)9(12)10-6-5-7-11(3)4;;;;;;/h1,3,13-24H2,2,4-12H3,(H2-2,31,32,33,34,37,38,39,40);5-12H2,1-4H3,(H,17,19)(H,18,20);1,5-7H2,2-4H3,(H,10,12);4*1H4;2*1H. The molecule has 0 saturated heterocycles. The zero-order chi connectivity index (χ0) is 61.0. The average Bonchev–Trinajstić information content (AvgIpc) is 3.29. The van der Waals surface area contributed by atoms with Gasteiger partial charge in [0, 0.05) is 49.4 Å². The van der Waals surface area contributed by atoms with Crippen molar-refractivity contribution in [1.29, 1.82) is 0 Å². The van der Waals surface area contributed by atoms with E-state index in [1.807, 2.05) is 42.3 Å². The molecule has 19 nitrogen and oxygen atoms in total. The molecule has 0 aromatic heterocycles. The Morgan fingerprint density at radius 2 is 0.643 bits per heavy atom. The van der Waals surface area contributed by atoms with Crippen molar-refractivity contribution in [2.24, 2.45) is 0 Å². The van der Waals surface area contributed by atoms with Crippen molar-refractivity contribution < 1.29 is 75.6 Å². The predicted molar refractivity (Wildman–Crippen MR) is 361 cm³/mol. The van der Waals surface area contributed by atoms with Gasteiger partial charge < -0.3 is 84.1 Å². The highest BCUT2D eigenvalue weighted by Gasteiger charge is 2.34. The first kappa shape index (κ1) is 100. The van der Waals surface area contributed by atoms with Crippen molar-refractivity contribution in [2.75, 3.05) is 133 Å². The Kier molecular flexibility index (Phi) is 62.5. The van der Waals surface area contributed by atoms with Gasteiger partial charge in [0.1, 0.15) is 11.8 Å². The van der Waals surface area contributed by atoms with E-state index in [0.29, 0.717) is 91.1 Å². The molecule has 0 bridgehead atoms. The van der Waals surface area contributed by atoms with E-state index in [1.54, 1.807) is 20.8 Å². The Hall–Kier alpha value is -2.66. The van der Waals surface area contributed by atoms with E-state index in [9.17, 15) is 33.6 Å². The van der Waals surface area contributed by atoms with Gasteiger partial charge in [0.2, 0.25) is 29.5 Å². The van der Waals surface area contributed by atoms with Crippen LogP contribution in [0.2, 0.25) is 76.6 Å². The fraction of sp³-hybridized carbons (Fsp3) is 0.772. The molecule has 0 aliphatic rings. The van der Waals surface area contributed by atoms with Crippen LogP contribution in [0.15, 0.2) is 36.5 Å². The number of amides is 7. The van der Waals surface area contributed by atoms with E-state index in [2.05, 4.69) is 114 Å². The summed E-state index contributed by atoms with van der Waals surface area (Å²) in [6, 6.07) is 3.95. The molecule has 0 spiro atoms. The molecule has 0 aromatic carbocycles. The maximum absolute atomic E-state index is 12.5. The Balaban J connectivity index is -0.000000165. The Labute approximate surface area is 540 Å². The number of rotatable bonds is 39. The zero-order valence-corrected chi connectivity index (χ0v) is 59.4. The molecule has 502 valence electrons. The van der Waals surface area contributed by atoms with Gasteiger partial charge in [0.15, 0.2) is 46.4 Å². The molecule has 0 fully saturated rings. The van der Waals surface area contributed by atoms with Gasteiger partial charge in [-0.3, -0.25) is 33.6 Å². The van der Waals surface area contributed by atoms with Crippen LogP contribution in [0.1, 0.15) is 82.6 Å². The molecule has 0 saturated carbocycles. The maximum Gasteiger partial charge on any atom is 0.275 e. The highest BCUT2D eigenvalue weighted by atomic mass is 35.5.